The quantitative estimate of drug-likeness (QED) is 0.0951. The van der Waals surface area contributed by atoms with Gasteiger partial charge in [-0.3, -0.25) is 4.79 Å². The lowest BCUT2D eigenvalue weighted by atomic mass is 10.1. The minimum Gasteiger partial charge on any atom is -0.410 e. The first kappa shape index (κ1) is 38.3. The fourth-order valence-corrected chi connectivity index (χ4v) is 4.49. The fourth-order valence-electron chi connectivity index (χ4n) is 3.98. The van der Waals surface area contributed by atoms with Gasteiger partial charge in [-0.25, -0.2) is 19.7 Å². The highest BCUT2D eigenvalue weighted by atomic mass is 35.6. The Labute approximate surface area is 296 Å². The predicted octanol–water partition coefficient (Wildman–Crippen LogP) is 8.08. The number of hydrogen-bond donors (Lipinski definition) is 2. The zero-order valence-electron chi connectivity index (χ0n) is 24.9. The molecule has 1 aromatic heterocycles. The Kier molecular flexibility index (Phi) is 14.4. The summed E-state index contributed by atoms with van der Waals surface area (Å²) in [4.78, 5) is 37.4. The Morgan fingerprint density at radius 3 is 1.74 bits per heavy atom. The van der Waals surface area contributed by atoms with Crippen molar-refractivity contribution in [3.63, 3.8) is 0 Å². The molecule has 2 aromatic carbocycles. The summed E-state index contributed by atoms with van der Waals surface area (Å²) in [5.41, 5.74) is 1.27. The molecule has 46 heavy (non-hydrogen) atoms. The zero-order chi connectivity index (χ0) is 34.0. The van der Waals surface area contributed by atoms with E-state index >= 15 is 0 Å². The Hall–Kier alpha value is -2.19. The van der Waals surface area contributed by atoms with Gasteiger partial charge in [0.1, 0.15) is 5.75 Å². The molecule has 0 spiro atoms. The fraction of sp³-hybridized carbons (Fsp3) is 0.414. The number of carbonyl (C=O) groups is 2. The summed E-state index contributed by atoms with van der Waals surface area (Å²) >= 11 is 35.7. The molecule has 0 bridgehead atoms. The molecule has 0 aliphatic heterocycles. The molecule has 17 heteroatoms. The van der Waals surface area contributed by atoms with Crippen LogP contribution in [0.3, 0.4) is 0 Å². The maximum Gasteiger partial charge on any atom is 0.412 e. The van der Waals surface area contributed by atoms with Crippen LogP contribution >= 0.6 is 69.6 Å². The van der Waals surface area contributed by atoms with Crippen LogP contribution in [-0.2, 0) is 21.8 Å². The van der Waals surface area contributed by atoms with Crippen LogP contribution in [0.2, 0.25) is 0 Å². The lowest BCUT2D eigenvalue weighted by molar-refractivity contribution is -0.379. The molecule has 0 saturated carbocycles. The first-order valence-corrected chi connectivity index (χ1v) is 16.3. The largest absolute Gasteiger partial charge is 0.412 e. The first-order valence-electron chi connectivity index (χ1n) is 14.0. The third-order valence-corrected chi connectivity index (χ3v) is 6.91. The number of alkyl halides is 6. The predicted molar refractivity (Wildman–Crippen MR) is 179 cm³/mol. The normalized spacial score (nSPS) is 12.1. The van der Waals surface area contributed by atoms with Gasteiger partial charge in [-0.05, 0) is 75.7 Å². The number of aromatic nitrogens is 3. The monoisotopic (exact) mass is 755 g/mol. The van der Waals surface area contributed by atoms with Gasteiger partial charge in [0, 0.05) is 49.6 Å². The van der Waals surface area contributed by atoms with E-state index in [1.807, 2.05) is 20.8 Å². The zero-order valence-corrected chi connectivity index (χ0v) is 29.5. The van der Waals surface area contributed by atoms with E-state index in [4.69, 9.17) is 88.6 Å². The summed E-state index contributed by atoms with van der Waals surface area (Å²) in [6.45, 7) is 7.12. The number of halogens is 6. The van der Waals surface area contributed by atoms with Gasteiger partial charge in [0.05, 0.1) is 0 Å². The molecule has 1 heterocycles. The van der Waals surface area contributed by atoms with Crippen molar-refractivity contribution < 1.29 is 28.5 Å². The van der Waals surface area contributed by atoms with Gasteiger partial charge in [0.2, 0.25) is 7.59 Å². The molecular formula is C29H31Cl6N5O6. The minimum atomic E-state index is -1.99. The van der Waals surface area contributed by atoms with E-state index in [-0.39, 0.29) is 23.2 Å². The van der Waals surface area contributed by atoms with Crippen LogP contribution < -0.4 is 15.4 Å². The minimum absolute atomic E-state index is 0.0878. The number of nitrogens with one attached hydrogen (secondary N) is 2. The summed E-state index contributed by atoms with van der Waals surface area (Å²) in [5.74, 6) is -1.66. The number of amides is 2. The van der Waals surface area contributed by atoms with E-state index in [1.165, 1.54) is 24.3 Å². The van der Waals surface area contributed by atoms with Crippen molar-refractivity contribution in [2.45, 2.75) is 47.2 Å². The number of ether oxygens (including phenoxy) is 4. The summed E-state index contributed by atoms with van der Waals surface area (Å²) in [6, 6.07) is 12.5. The molecule has 2 N–H and O–H groups in total. The van der Waals surface area contributed by atoms with Crippen molar-refractivity contribution in [3.05, 3.63) is 65.7 Å². The Morgan fingerprint density at radius 2 is 1.26 bits per heavy atom. The summed E-state index contributed by atoms with van der Waals surface area (Å²) in [5, 5.41) is 5.45. The molecule has 0 atom stereocenters. The van der Waals surface area contributed by atoms with Crippen LogP contribution in [0.4, 0.5) is 10.5 Å². The molecule has 3 rings (SSSR count). The van der Waals surface area contributed by atoms with Gasteiger partial charge in [-0.2, -0.15) is 0 Å². The number of anilines is 1. The van der Waals surface area contributed by atoms with E-state index in [0.29, 0.717) is 56.0 Å². The smallest absolute Gasteiger partial charge is 0.410 e. The van der Waals surface area contributed by atoms with Gasteiger partial charge in [-0.15, -0.1) is 0 Å². The second-order valence-electron chi connectivity index (χ2n) is 9.26. The molecule has 0 fully saturated rings. The molecule has 3 aromatic rings. The van der Waals surface area contributed by atoms with E-state index in [1.54, 1.807) is 24.3 Å². The maximum absolute atomic E-state index is 12.8. The first-order chi connectivity index (χ1) is 21.7. The highest BCUT2D eigenvalue weighted by Crippen LogP contribution is 2.40. The van der Waals surface area contributed by atoms with Gasteiger partial charge in [0.15, 0.2) is 17.5 Å². The van der Waals surface area contributed by atoms with Gasteiger partial charge < -0.3 is 29.6 Å². The SMILES string of the molecule is CCOC(CCCNC(=O)Oc1ccc(C(=O)Nc2ccc(-c3nc(C(Cl)(Cl)Cl)nc(C(Cl)(Cl)Cl)n3)cc2)cc1)(OCC)OCC. The Balaban J connectivity index is 1.56. The average Bonchev–Trinajstić information content (AvgIpc) is 2.99. The van der Waals surface area contributed by atoms with Crippen LogP contribution in [0.15, 0.2) is 48.5 Å². The molecule has 0 unspecified atom stereocenters. The lowest BCUT2D eigenvalue weighted by Crippen LogP contribution is -2.40. The second-order valence-corrected chi connectivity index (χ2v) is 13.8. The topological polar surface area (TPSA) is 134 Å². The van der Waals surface area contributed by atoms with Gasteiger partial charge in [-0.1, -0.05) is 69.6 Å². The van der Waals surface area contributed by atoms with Gasteiger partial charge in [0.25, 0.3) is 11.9 Å². The number of nitrogens with zero attached hydrogens (tertiary/aromatic N) is 3. The van der Waals surface area contributed by atoms with Crippen molar-refractivity contribution in [2.24, 2.45) is 0 Å². The molecule has 0 saturated heterocycles. The molecule has 11 nitrogen and oxygen atoms in total. The summed E-state index contributed by atoms with van der Waals surface area (Å²) in [7, 11) is 0. The third-order valence-electron chi connectivity index (χ3n) is 5.89. The Morgan fingerprint density at radius 1 is 0.739 bits per heavy atom. The molecular weight excluding hydrogens is 727 g/mol. The highest BCUT2D eigenvalue weighted by molar-refractivity contribution is 6.67. The van der Waals surface area contributed by atoms with E-state index in [2.05, 4.69) is 25.6 Å². The lowest BCUT2D eigenvalue weighted by Gasteiger charge is -2.32. The third kappa shape index (κ3) is 11.5. The molecule has 0 aliphatic rings. The number of hydrogen-bond acceptors (Lipinski definition) is 9. The van der Waals surface area contributed by atoms with Crippen molar-refractivity contribution in [2.75, 3.05) is 31.7 Å². The van der Waals surface area contributed by atoms with Crippen molar-refractivity contribution in [3.8, 4) is 17.1 Å². The molecule has 2 amide bonds. The van der Waals surface area contributed by atoms with Crippen LogP contribution in [-0.4, -0.2) is 59.3 Å². The van der Waals surface area contributed by atoms with Crippen LogP contribution in [0.1, 0.15) is 55.6 Å². The van der Waals surface area contributed by atoms with Crippen LogP contribution in [0, 0.1) is 0 Å². The molecule has 0 radical (unpaired) electrons. The van der Waals surface area contributed by atoms with E-state index in [9.17, 15) is 9.59 Å². The highest BCUT2D eigenvalue weighted by Gasteiger charge is 2.34. The van der Waals surface area contributed by atoms with Gasteiger partial charge >= 0.3 is 6.09 Å². The van der Waals surface area contributed by atoms with E-state index in [0.717, 1.165) is 0 Å². The van der Waals surface area contributed by atoms with Crippen molar-refractivity contribution in [1.29, 1.82) is 0 Å². The molecule has 0 aliphatic carbocycles. The van der Waals surface area contributed by atoms with Crippen molar-refractivity contribution in [1.82, 2.24) is 20.3 Å². The summed E-state index contributed by atoms with van der Waals surface area (Å²) in [6.07, 6.45) is 0.297. The standard InChI is InChI=1S/C29H31Cl6N5O6/c1-4-43-27(44-5-2,45-6-3)16-7-17-36-26(42)46-21-14-10-19(11-15-21)23(41)37-20-12-8-18(9-13-20)22-38-24(28(30,31)32)40-25(39-22)29(33,34)35/h8-15H,4-7,16-17H2,1-3H3,(H,36,42)(H,37,41). The van der Waals surface area contributed by atoms with Crippen LogP contribution in [0.25, 0.3) is 11.4 Å². The maximum atomic E-state index is 12.8. The van der Waals surface area contributed by atoms with Crippen molar-refractivity contribution >= 4 is 87.3 Å². The van der Waals surface area contributed by atoms with Crippen LogP contribution in [0.5, 0.6) is 5.75 Å². The molecule has 250 valence electrons. The summed E-state index contributed by atoms with van der Waals surface area (Å²) < 4.78 is 18.4. The number of rotatable bonds is 14. The Bertz CT molecular complexity index is 1400. The second kappa shape index (κ2) is 17.3. The number of benzene rings is 2. The average molecular weight is 758 g/mol. The number of carbonyl (C=O) groups excluding carboxylic acids is 2. The van der Waals surface area contributed by atoms with E-state index < -0.39 is 25.6 Å².